The number of carbonyl (C=O) groups excluding carboxylic acids is 2. The number of H-pyrrole nitrogens is 1. The summed E-state index contributed by atoms with van der Waals surface area (Å²) in [4.78, 5) is 39.5. The van der Waals surface area contributed by atoms with Gasteiger partial charge in [-0.3, -0.25) is 9.59 Å². The fourth-order valence-electron chi connectivity index (χ4n) is 5.64. The molecule has 2 aromatic heterocycles. The molecule has 1 aliphatic heterocycles. The van der Waals surface area contributed by atoms with Crippen molar-refractivity contribution in [1.29, 1.82) is 5.26 Å². The number of carbonyl (C=O) groups is 2. The van der Waals surface area contributed by atoms with Gasteiger partial charge in [0.2, 0.25) is 11.7 Å². The number of amides is 1. The molecule has 1 saturated carbocycles. The molecule has 5 rings (SSSR count). The maximum atomic E-state index is 13.4. The minimum Gasteiger partial charge on any atom is -0.442 e. The molecule has 39 heavy (non-hydrogen) atoms. The number of aromatic nitrogens is 3. The lowest BCUT2D eigenvalue weighted by Gasteiger charge is -2.30. The second-order valence-corrected chi connectivity index (χ2v) is 10.8. The number of imidazole rings is 1. The third-order valence-corrected chi connectivity index (χ3v) is 8.18. The minimum absolute atomic E-state index is 0.0165. The SMILES string of the molecule is CN1CCC2(CC1)C[C@@H]2C(=O)NC(CCCCCC(=O)c1ncco1)c1[nH]c(-c2ccc(F)cc2)nc1C#N. The number of halogens is 1. The van der Waals surface area contributed by atoms with Gasteiger partial charge in [0.15, 0.2) is 5.69 Å². The first kappa shape index (κ1) is 26.8. The van der Waals surface area contributed by atoms with E-state index >= 15 is 0 Å². The zero-order chi connectivity index (χ0) is 27.4. The predicted octanol–water partition coefficient (Wildman–Crippen LogP) is 4.80. The molecule has 0 radical (unpaired) electrons. The second kappa shape index (κ2) is 11.5. The lowest BCUT2D eigenvalue weighted by molar-refractivity contribution is -0.124. The van der Waals surface area contributed by atoms with E-state index in [-0.39, 0.29) is 40.4 Å². The molecule has 3 heterocycles. The largest absolute Gasteiger partial charge is 0.442 e. The molecule has 10 heteroatoms. The van der Waals surface area contributed by atoms with Gasteiger partial charge in [0.1, 0.15) is 24.0 Å². The van der Waals surface area contributed by atoms with Gasteiger partial charge < -0.3 is 19.6 Å². The number of rotatable bonds is 11. The quantitative estimate of drug-likeness (QED) is 0.268. The summed E-state index contributed by atoms with van der Waals surface area (Å²) >= 11 is 0. The zero-order valence-corrected chi connectivity index (χ0v) is 22.1. The van der Waals surface area contributed by atoms with Crippen molar-refractivity contribution in [3.05, 3.63) is 59.8 Å². The number of likely N-dealkylation sites (tertiary alicyclic amines) is 1. The van der Waals surface area contributed by atoms with Crippen molar-refractivity contribution in [1.82, 2.24) is 25.2 Å². The summed E-state index contributed by atoms with van der Waals surface area (Å²) in [6, 6.07) is 7.62. The monoisotopic (exact) mass is 532 g/mol. The number of unbranched alkanes of at least 4 members (excludes halogenated alkanes) is 2. The van der Waals surface area contributed by atoms with Gasteiger partial charge in [-0.15, -0.1) is 0 Å². The van der Waals surface area contributed by atoms with Gasteiger partial charge in [0.25, 0.3) is 5.89 Å². The normalized spacial score (nSPS) is 18.9. The summed E-state index contributed by atoms with van der Waals surface area (Å²) in [5.74, 6) is 0.0889. The Hall–Kier alpha value is -3.84. The average molecular weight is 533 g/mol. The summed E-state index contributed by atoms with van der Waals surface area (Å²) in [6.45, 7) is 2.00. The van der Waals surface area contributed by atoms with Crippen LogP contribution in [0, 0.1) is 28.5 Å². The highest BCUT2D eigenvalue weighted by atomic mass is 19.1. The van der Waals surface area contributed by atoms with E-state index < -0.39 is 6.04 Å². The maximum absolute atomic E-state index is 13.4. The van der Waals surface area contributed by atoms with E-state index in [4.69, 9.17) is 4.42 Å². The first-order chi connectivity index (χ1) is 18.9. The molecular formula is C29H33FN6O3. The van der Waals surface area contributed by atoms with E-state index in [1.165, 1.54) is 24.6 Å². The van der Waals surface area contributed by atoms with E-state index in [0.29, 0.717) is 36.3 Å². The number of hydrogen-bond acceptors (Lipinski definition) is 7. The molecule has 2 N–H and O–H groups in total. The number of nitrogens with one attached hydrogen (secondary N) is 2. The van der Waals surface area contributed by atoms with Crippen LogP contribution in [0.1, 0.15) is 79.5 Å². The molecule has 1 saturated heterocycles. The number of ketones is 1. The molecule has 1 aromatic carbocycles. The molecule has 1 spiro atoms. The third kappa shape index (κ3) is 6.09. The molecule has 2 atom stereocenters. The van der Waals surface area contributed by atoms with Crippen LogP contribution in [0.3, 0.4) is 0 Å². The van der Waals surface area contributed by atoms with Gasteiger partial charge in [-0.2, -0.15) is 5.26 Å². The second-order valence-electron chi connectivity index (χ2n) is 10.8. The fraction of sp³-hybridized carbons (Fsp3) is 0.483. The Balaban J connectivity index is 1.27. The fourth-order valence-corrected chi connectivity index (χ4v) is 5.64. The number of benzene rings is 1. The molecule has 1 aliphatic carbocycles. The Kier molecular flexibility index (Phi) is 7.89. The van der Waals surface area contributed by atoms with Gasteiger partial charge >= 0.3 is 0 Å². The smallest absolute Gasteiger partial charge is 0.263 e. The first-order valence-electron chi connectivity index (χ1n) is 13.6. The van der Waals surface area contributed by atoms with E-state index in [2.05, 4.69) is 38.3 Å². The molecular weight excluding hydrogens is 499 g/mol. The minimum atomic E-state index is -0.430. The number of hydrogen-bond donors (Lipinski definition) is 2. The Morgan fingerprint density at radius 3 is 2.72 bits per heavy atom. The Morgan fingerprint density at radius 2 is 2.03 bits per heavy atom. The summed E-state index contributed by atoms with van der Waals surface area (Å²) in [6.07, 6.45) is 8.85. The van der Waals surface area contributed by atoms with Crippen LogP contribution in [0.15, 0.2) is 41.1 Å². The Bertz CT molecular complexity index is 1340. The van der Waals surface area contributed by atoms with E-state index in [1.54, 1.807) is 12.1 Å². The average Bonchev–Trinajstić information content (AvgIpc) is 3.28. The molecule has 3 aromatic rings. The van der Waals surface area contributed by atoms with Crippen LogP contribution in [0.5, 0.6) is 0 Å². The van der Waals surface area contributed by atoms with Crippen LogP contribution in [0.4, 0.5) is 4.39 Å². The molecule has 2 aliphatic rings. The summed E-state index contributed by atoms with van der Waals surface area (Å²) < 4.78 is 18.5. The van der Waals surface area contributed by atoms with Gasteiger partial charge in [0, 0.05) is 17.9 Å². The Labute approximate surface area is 226 Å². The maximum Gasteiger partial charge on any atom is 0.263 e. The number of nitrogens with zero attached hydrogens (tertiary/aromatic N) is 4. The van der Waals surface area contributed by atoms with Gasteiger partial charge in [-0.1, -0.05) is 12.8 Å². The van der Waals surface area contributed by atoms with Crippen LogP contribution >= 0.6 is 0 Å². The molecule has 0 bridgehead atoms. The van der Waals surface area contributed by atoms with Crippen molar-refractivity contribution in [2.45, 2.75) is 57.4 Å². The van der Waals surface area contributed by atoms with E-state index in [1.807, 2.05) is 0 Å². The predicted molar refractivity (Wildman–Crippen MR) is 141 cm³/mol. The van der Waals surface area contributed by atoms with Crippen molar-refractivity contribution < 1.29 is 18.4 Å². The van der Waals surface area contributed by atoms with Crippen molar-refractivity contribution in [3.8, 4) is 17.5 Å². The first-order valence-corrected chi connectivity index (χ1v) is 13.6. The molecule has 2 fully saturated rings. The molecule has 1 amide bonds. The van der Waals surface area contributed by atoms with Gasteiger partial charge in [-0.05, 0) is 81.9 Å². The van der Waals surface area contributed by atoms with Crippen LogP contribution in [0.2, 0.25) is 0 Å². The van der Waals surface area contributed by atoms with Crippen LogP contribution in [-0.2, 0) is 4.79 Å². The number of oxazole rings is 1. The molecule has 204 valence electrons. The van der Waals surface area contributed by atoms with Crippen LogP contribution in [-0.4, -0.2) is 51.7 Å². The molecule has 9 nitrogen and oxygen atoms in total. The third-order valence-electron chi connectivity index (χ3n) is 8.18. The zero-order valence-electron chi connectivity index (χ0n) is 22.1. The van der Waals surface area contributed by atoms with Crippen molar-refractivity contribution >= 4 is 11.7 Å². The standard InChI is InChI=1S/C29H33FN6O3/c1-36-14-11-29(12-15-36)17-21(29)27(38)34-22(5-3-2-4-6-24(37)28-32-13-16-39-28)25-23(18-31)33-26(35-25)19-7-9-20(30)10-8-19/h7-10,13,16,21-22H,2-6,11-12,14-15,17H2,1H3,(H,33,35)(H,34,38)/t21-,22?/m1/s1. The van der Waals surface area contributed by atoms with Crippen molar-refractivity contribution in [2.75, 3.05) is 20.1 Å². The number of piperidine rings is 1. The number of aromatic amines is 1. The van der Waals surface area contributed by atoms with Crippen molar-refractivity contribution in [3.63, 3.8) is 0 Å². The topological polar surface area (TPSA) is 128 Å². The molecule has 1 unspecified atom stereocenters. The van der Waals surface area contributed by atoms with Crippen molar-refractivity contribution in [2.24, 2.45) is 11.3 Å². The van der Waals surface area contributed by atoms with Crippen LogP contribution in [0.25, 0.3) is 11.4 Å². The highest BCUT2D eigenvalue weighted by Gasteiger charge is 2.58. The van der Waals surface area contributed by atoms with Gasteiger partial charge in [0.05, 0.1) is 17.9 Å². The van der Waals surface area contributed by atoms with Crippen LogP contribution < -0.4 is 5.32 Å². The number of nitriles is 1. The lowest BCUT2D eigenvalue weighted by Crippen LogP contribution is -2.36. The highest BCUT2D eigenvalue weighted by molar-refractivity contribution is 5.91. The highest BCUT2D eigenvalue weighted by Crippen LogP contribution is 2.59. The summed E-state index contributed by atoms with van der Waals surface area (Å²) in [7, 11) is 2.11. The Morgan fingerprint density at radius 1 is 1.26 bits per heavy atom. The number of Topliss-reactive ketones (excluding diaryl/α,β-unsaturated/α-hetero) is 1. The summed E-state index contributed by atoms with van der Waals surface area (Å²) in [5.41, 5.74) is 1.51. The summed E-state index contributed by atoms with van der Waals surface area (Å²) in [5, 5.41) is 13.1. The van der Waals surface area contributed by atoms with E-state index in [0.717, 1.165) is 45.2 Å². The van der Waals surface area contributed by atoms with E-state index in [9.17, 15) is 19.2 Å². The van der Waals surface area contributed by atoms with Gasteiger partial charge in [-0.25, -0.2) is 14.4 Å². The lowest BCUT2D eigenvalue weighted by atomic mass is 9.90.